The maximum atomic E-state index is 11.3. The van der Waals surface area contributed by atoms with Gasteiger partial charge in [-0.3, -0.25) is 0 Å². The molecule has 8 nitrogen and oxygen atoms in total. The molecule has 0 aliphatic heterocycles. The van der Waals surface area contributed by atoms with Crippen LogP contribution in [0.5, 0.6) is 5.75 Å². The lowest BCUT2D eigenvalue weighted by atomic mass is 10.1. The average Bonchev–Trinajstić information content (AvgIpc) is 2.85. The molecule has 0 saturated carbocycles. The molecule has 0 aliphatic carbocycles. The Morgan fingerprint density at radius 3 is 2.73 bits per heavy atom. The molecule has 118 valence electrons. The second kappa shape index (κ2) is 6.44. The van der Waals surface area contributed by atoms with Crippen molar-refractivity contribution in [1.82, 2.24) is 15.0 Å². The van der Waals surface area contributed by atoms with Gasteiger partial charge >= 0.3 is 5.97 Å². The van der Waals surface area contributed by atoms with Crippen LogP contribution in [0.4, 0.5) is 5.69 Å². The molecule has 1 heterocycles. The topological polar surface area (TPSA) is 123 Å². The third-order valence-corrected chi connectivity index (χ3v) is 2.90. The number of rotatable bonds is 6. The second-order valence-electron chi connectivity index (χ2n) is 4.96. The number of ether oxygens (including phenoxy) is 1. The highest BCUT2D eigenvalue weighted by molar-refractivity contribution is 5.93. The van der Waals surface area contributed by atoms with Crippen LogP contribution in [-0.4, -0.2) is 43.9 Å². The highest BCUT2D eigenvalue weighted by Crippen LogP contribution is 2.30. The predicted molar refractivity (Wildman–Crippen MR) is 79.7 cm³/mol. The summed E-state index contributed by atoms with van der Waals surface area (Å²) in [4.78, 5) is 11.3. The number of carbonyl (C=O) groups is 1. The van der Waals surface area contributed by atoms with Crippen molar-refractivity contribution in [2.75, 3.05) is 12.3 Å². The van der Waals surface area contributed by atoms with Crippen molar-refractivity contribution in [2.45, 2.75) is 26.5 Å². The maximum absolute atomic E-state index is 11.3. The summed E-state index contributed by atoms with van der Waals surface area (Å²) in [5.74, 6) is -0.669. The van der Waals surface area contributed by atoms with Gasteiger partial charge in [-0.15, -0.1) is 5.10 Å². The number of aromatic carboxylic acids is 1. The van der Waals surface area contributed by atoms with Crippen LogP contribution >= 0.6 is 0 Å². The van der Waals surface area contributed by atoms with Gasteiger partial charge in [-0.05, 0) is 32.0 Å². The number of carboxylic acid groups (broad SMARTS) is 1. The molecule has 1 aromatic heterocycles. The van der Waals surface area contributed by atoms with E-state index in [1.807, 2.05) is 13.8 Å². The van der Waals surface area contributed by atoms with Crippen LogP contribution in [0, 0.1) is 0 Å². The number of hydrogen-bond acceptors (Lipinski definition) is 6. The number of aliphatic hydroxyl groups is 1. The molecule has 0 radical (unpaired) electrons. The van der Waals surface area contributed by atoms with E-state index in [0.717, 1.165) is 0 Å². The number of nitrogens with two attached hydrogens (primary N) is 1. The fourth-order valence-corrected chi connectivity index (χ4v) is 2.05. The average molecular weight is 306 g/mol. The molecular formula is C14H18N4O4. The van der Waals surface area contributed by atoms with E-state index in [2.05, 4.69) is 10.3 Å². The first kappa shape index (κ1) is 15.8. The van der Waals surface area contributed by atoms with Crippen LogP contribution in [0.15, 0.2) is 18.2 Å². The summed E-state index contributed by atoms with van der Waals surface area (Å²) in [5.41, 5.74) is 6.99. The summed E-state index contributed by atoms with van der Waals surface area (Å²) in [6.45, 7) is 3.73. The summed E-state index contributed by atoms with van der Waals surface area (Å²) < 4.78 is 6.89. The number of aliphatic hydroxyl groups excluding tert-OH is 1. The van der Waals surface area contributed by atoms with Crippen molar-refractivity contribution in [1.29, 1.82) is 0 Å². The number of benzene rings is 1. The third kappa shape index (κ3) is 3.17. The SMILES string of the molecule is CC(C)Oc1ccc(-c2c(C(=O)O)nnn2CCO)cc1N. The Balaban J connectivity index is 2.49. The standard InChI is InChI=1S/C14H18N4O4/c1-8(2)22-11-4-3-9(7-10(11)15)13-12(14(20)21)16-17-18(13)5-6-19/h3-4,7-8,19H,5-6,15H2,1-2H3,(H,20,21). The van der Waals surface area contributed by atoms with Gasteiger partial charge in [-0.25, -0.2) is 9.48 Å². The molecule has 0 saturated heterocycles. The first-order valence-corrected chi connectivity index (χ1v) is 6.78. The van der Waals surface area contributed by atoms with Crippen molar-refractivity contribution in [3.05, 3.63) is 23.9 Å². The predicted octanol–water partition coefficient (Wildman–Crippen LogP) is 1.01. The molecule has 8 heteroatoms. The molecule has 1 aromatic carbocycles. The van der Waals surface area contributed by atoms with Gasteiger partial charge < -0.3 is 20.7 Å². The maximum Gasteiger partial charge on any atom is 0.358 e. The zero-order valence-electron chi connectivity index (χ0n) is 12.4. The molecule has 0 atom stereocenters. The molecule has 2 rings (SSSR count). The van der Waals surface area contributed by atoms with Crippen LogP contribution in [0.25, 0.3) is 11.3 Å². The number of hydrogen-bond donors (Lipinski definition) is 3. The molecule has 22 heavy (non-hydrogen) atoms. The van der Waals surface area contributed by atoms with Gasteiger partial charge in [0, 0.05) is 5.56 Å². The lowest BCUT2D eigenvalue weighted by molar-refractivity contribution is 0.0691. The Hall–Kier alpha value is -2.61. The summed E-state index contributed by atoms with van der Waals surface area (Å²) in [6, 6.07) is 4.97. The first-order valence-electron chi connectivity index (χ1n) is 6.78. The molecular weight excluding hydrogens is 288 g/mol. The molecule has 4 N–H and O–H groups in total. The highest BCUT2D eigenvalue weighted by atomic mass is 16.5. The van der Waals surface area contributed by atoms with Crippen LogP contribution in [0.2, 0.25) is 0 Å². The Morgan fingerprint density at radius 1 is 1.45 bits per heavy atom. The molecule has 0 bridgehead atoms. The molecule has 0 spiro atoms. The van der Waals surface area contributed by atoms with E-state index in [4.69, 9.17) is 15.6 Å². The quantitative estimate of drug-likeness (QED) is 0.680. The minimum Gasteiger partial charge on any atom is -0.489 e. The van der Waals surface area contributed by atoms with Crippen molar-refractivity contribution in [3.63, 3.8) is 0 Å². The van der Waals surface area contributed by atoms with E-state index in [-0.39, 0.29) is 24.9 Å². The number of nitrogens with zero attached hydrogens (tertiary/aromatic N) is 3. The highest BCUT2D eigenvalue weighted by Gasteiger charge is 2.21. The minimum atomic E-state index is -1.19. The largest absolute Gasteiger partial charge is 0.489 e. The smallest absolute Gasteiger partial charge is 0.358 e. The summed E-state index contributed by atoms with van der Waals surface area (Å²) in [6.07, 6.45) is -0.0238. The number of nitrogen functional groups attached to an aromatic ring is 1. The van der Waals surface area contributed by atoms with Crippen molar-refractivity contribution in [2.24, 2.45) is 0 Å². The fraction of sp³-hybridized carbons (Fsp3) is 0.357. The van der Waals surface area contributed by atoms with Crippen molar-refractivity contribution < 1.29 is 19.7 Å². The van der Waals surface area contributed by atoms with Gasteiger partial charge in [0.1, 0.15) is 11.4 Å². The summed E-state index contributed by atoms with van der Waals surface area (Å²) in [7, 11) is 0. The van der Waals surface area contributed by atoms with Gasteiger partial charge in [0.2, 0.25) is 0 Å². The number of anilines is 1. The van der Waals surface area contributed by atoms with E-state index in [0.29, 0.717) is 22.7 Å². The molecule has 0 aliphatic rings. The monoisotopic (exact) mass is 306 g/mol. The van der Waals surface area contributed by atoms with E-state index in [1.54, 1.807) is 18.2 Å². The lowest BCUT2D eigenvalue weighted by Gasteiger charge is -2.13. The van der Waals surface area contributed by atoms with E-state index >= 15 is 0 Å². The van der Waals surface area contributed by atoms with Crippen molar-refractivity contribution >= 4 is 11.7 Å². The second-order valence-corrected chi connectivity index (χ2v) is 4.96. The summed E-state index contributed by atoms with van der Waals surface area (Å²) in [5, 5.41) is 25.7. The first-order chi connectivity index (χ1) is 10.4. The van der Waals surface area contributed by atoms with Gasteiger partial charge in [-0.2, -0.15) is 0 Å². The Labute approximate surface area is 127 Å². The number of carboxylic acids is 1. The van der Waals surface area contributed by atoms with E-state index in [9.17, 15) is 9.90 Å². The van der Waals surface area contributed by atoms with Crippen molar-refractivity contribution in [3.8, 4) is 17.0 Å². The zero-order chi connectivity index (χ0) is 16.3. The minimum absolute atomic E-state index is 0.0238. The van der Waals surface area contributed by atoms with E-state index in [1.165, 1.54) is 4.68 Å². The Kier molecular flexibility index (Phi) is 4.62. The van der Waals surface area contributed by atoms with Gasteiger partial charge in [0.25, 0.3) is 0 Å². The van der Waals surface area contributed by atoms with Gasteiger partial charge in [0.15, 0.2) is 5.69 Å². The summed E-state index contributed by atoms with van der Waals surface area (Å²) >= 11 is 0. The molecule has 0 fully saturated rings. The number of aromatic nitrogens is 3. The van der Waals surface area contributed by atoms with Crippen LogP contribution in [-0.2, 0) is 6.54 Å². The fourth-order valence-electron chi connectivity index (χ4n) is 2.05. The normalized spacial score (nSPS) is 10.9. The Bertz CT molecular complexity index is 681. The van der Waals surface area contributed by atoms with Gasteiger partial charge in [-0.1, -0.05) is 5.21 Å². The van der Waals surface area contributed by atoms with Gasteiger partial charge in [0.05, 0.1) is 24.9 Å². The zero-order valence-corrected chi connectivity index (χ0v) is 12.4. The third-order valence-electron chi connectivity index (χ3n) is 2.90. The van der Waals surface area contributed by atoms with Crippen LogP contribution < -0.4 is 10.5 Å². The lowest BCUT2D eigenvalue weighted by Crippen LogP contribution is -2.09. The molecule has 0 unspecified atom stereocenters. The van der Waals surface area contributed by atoms with E-state index < -0.39 is 5.97 Å². The molecule has 2 aromatic rings. The Morgan fingerprint density at radius 2 is 2.18 bits per heavy atom. The van der Waals surface area contributed by atoms with Crippen LogP contribution in [0.3, 0.4) is 0 Å². The van der Waals surface area contributed by atoms with Crippen LogP contribution in [0.1, 0.15) is 24.3 Å². The molecule has 0 amide bonds.